The summed E-state index contributed by atoms with van der Waals surface area (Å²) in [5, 5.41) is 0. The molecule has 144 valence electrons. The average molecular weight is 362 g/mol. The first-order chi connectivity index (χ1) is 12.2. The van der Waals surface area contributed by atoms with Crippen molar-refractivity contribution in [2.75, 3.05) is 20.1 Å². The molecule has 0 bridgehead atoms. The summed E-state index contributed by atoms with van der Waals surface area (Å²) >= 11 is 0. The van der Waals surface area contributed by atoms with E-state index in [4.69, 9.17) is 4.74 Å². The molecule has 1 fully saturated rings. The van der Waals surface area contributed by atoms with Crippen LogP contribution in [0.3, 0.4) is 0 Å². The van der Waals surface area contributed by atoms with Crippen LogP contribution in [-0.2, 0) is 11.2 Å². The number of hydrogen-bond donors (Lipinski definition) is 0. The molecule has 0 aliphatic carbocycles. The normalized spacial score (nSPS) is 22.9. The summed E-state index contributed by atoms with van der Waals surface area (Å²) in [6.45, 7) is 8.66. The molecule has 0 saturated carbocycles. The zero-order valence-electron chi connectivity index (χ0n) is 16.8. The third kappa shape index (κ3) is 4.64. The molecule has 5 nitrogen and oxygen atoms in total. The van der Waals surface area contributed by atoms with E-state index in [1.807, 2.05) is 45.9 Å². The maximum absolute atomic E-state index is 13.2. The smallest absolute Gasteiger partial charge is 0.414 e. The molecule has 1 aliphatic heterocycles. The molecule has 5 heteroatoms. The first-order valence-electron chi connectivity index (χ1n) is 9.58. The van der Waals surface area contributed by atoms with E-state index in [0.29, 0.717) is 13.1 Å². The Morgan fingerprint density at radius 1 is 1.23 bits per heavy atom. The summed E-state index contributed by atoms with van der Waals surface area (Å²) in [5.74, 6) is 0. The van der Waals surface area contributed by atoms with Crippen LogP contribution in [0.1, 0.15) is 52.5 Å². The Labute approximate surface area is 157 Å². The second-order valence-corrected chi connectivity index (χ2v) is 8.36. The minimum absolute atomic E-state index is 0.0473. The van der Waals surface area contributed by atoms with Gasteiger partial charge in [0.1, 0.15) is 11.6 Å². The standard InChI is InChI=1S/C21H33N2O3/c1-17-11-10-16-23(17,20(25)26-21(2,3)4)19(24)22(5)15-9-14-18-12-7-6-8-13-18/h6-8,12-13,17H,9-11,14-16H2,1-5H3/q+1/t17-,23?/m1/s1. The molecule has 2 rings (SSSR count). The lowest BCUT2D eigenvalue weighted by Gasteiger charge is -2.36. The maximum atomic E-state index is 13.2. The van der Waals surface area contributed by atoms with Gasteiger partial charge in [0.2, 0.25) is 0 Å². The van der Waals surface area contributed by atoms with Gasteiger partial charge in [-0.1, -0.05) is 30.3 Å². The van der Waals surface area contributed by atoms with Gasteiger partial charge in [-0.05, 0) is 46.1 Å². The number of aryl methyl sites for hydroxylation is 1. The van der Waals surface area contributed by atoms with E-state index < -0.39 is 11.7 Å². The summed E-state index contributed by atoms with van der Waals surface area (Å²) in [6.07, 6.45) is 3.10. The van der Waals surface area contributed by atoms with E-state index in [0.717, 1.165) is 25.7 Å². The topological polar surface area (TPSA) is 46.6 Å². The number of imide groups is 1. The Hall–Kier alpha value is -1.88. The van der Waals surface area contributed by atoms with Crippen LogP contribution in [0.5, 0.6) is 0 Å². The Morgan fingerprint density at radius 3 is 2.42 bits per heavy atom. The highest BCUT2D eigenvalue weighted by molar-refractivity contribution is 5.80. The first-order valence-corrected chi connectivity index (χ1v) is 9.58. The van der Waals surface area contributed by atoms with Gasteiger partial charge in [-0.15, -0.1) is 4.48 Å². The van der Waals surface area contributed by atoms with Crippen molar-refractivity contribution in [2.45, 2.75) is 65.0 Å². The fourth-order valence-electron chi connectivity index (χ4n) is 3.62. The van der Waals surface area contributed by atoms with Crippen LogP contribution in [0.2, 0.25) is 0 Å². The van der Waals surface area contributed by atoms with E-state index in [1.54, 1.807) is 11.9 Å². The third-order valence-corrected chi connectivity index (χ3v) is 5.07. The number of carbonyl (C=O) groups is 2. The van der Waals surface area contributed by atoms with Gasteiger partial charge in [0, 0.05) is 26.4 Å². The molecule has 1 aliphatic rings. The van der Waals surface area contributed by atoms with Crippen molar-refractivity contribution < 1.29 is 18.8 Å². The van der Waals surface area contributed by atoms with Gasteiger partial charge in [0.15, 0.2) is 0 Å². The Morgan fingerprint density at radius 2 is 1.88 bits per heavy atom. The first kappa shape index (κ1) is 20.4. The van der Waals surface area contributed by atoms with Crippen LogP contribution in [0.15, 0.2) is 30.3 Å². The molecule has 1 aromatic rings. The monoisotopic (exact) mass is 361 g/mol. The summed E-state index contributed by atoms with van der Waals surface area (Å²) in [7, 11) is 1.79. The lowest BCUT2D eigenvalue weighted by molar-refractivity contribution is -0.792. The molecule has 0 N–H and O–H groups in total. The second kappa shape index (κ2) is 8.21. The summed E-state index contributed by atoms with van der Waals surface area (Å²) in [4.78, 5) is 27.9. The molecule has 1 unspecified atom stereocenters. The summed E-state index contributed by atoms with van der Waals surface area (Å²) in [6, 6.07) is 10.1. The lowest BCUT2D eigenvalue weighted by Crippen LogP contribution is -2.63. The Bertz CT molecular complexity index is 624. The van der Waals surface area contributed by atoms with Crippen LogP contribution < -0.4 is 0 Å². The van der Waals surface area contributed by atoms with E-state index in [-0.39, 0.29) is 16.6 Å². The van der Waals surface area contributed by atoms with Crippen LogP contribution in [0.25, 0.3) is 0 Å². The number of amides is 3. The highest BCUT2D eigenvalue weighted by Crippen LogP contribution is 2.31. The molecule has 26 heavy (non-hydrogen) atoms. The number of rotatable bonds is 4. The second-order valence-electron chi connectivity index (χ2n) is 8.36. The number of quaternary nitrogens is 1. The largest absolute Gasteiger partial charge is 0.525 e. The van der Waals surface area contributed by atoms with Crippen molar-refractivity contribution in [3.8, 4) is 0 Å². The number of hydrogen-bond acceptors (Lipinski definition) is 3. The minimum Gasteiger partial charge on any atom is -0.414 e. The highest BCUT2D eigenvalue weighted by atomic mass is 16.6. The SMILES string of the molecule is C[C@@H]1CCC[N+]1(C(=O)OC(C)(C)C)C(=O)N(C)CCCc1ccccc1. The number of urea groups is 1. The lowest BCUT2D eigenvalue weighted by atomic mass is 10.1. The van der Waals surface area contributed by atoms with Crippen molar-refractivity contribution >= 4 is 12.1 Å². The number of ether oxygens (including phenoxy) is 1. The molecular formula is C21H33N2O3+. The van der Waals surface area contributed by atoms with Gasteiger partial charge in [0.05, 0.1) is 6.54 Å². The van der Waals surface area contributed by atoms with Crippen LogP contribution in [0, 0.1) is 0 Å². The molecule has 3 amide bonds. The molecular weight excluding hydrogens is 328 g/mol. The van der Waals surface area contributed by atoms with Crippen molar-refractivity contribution in [2.24, 2.45) is 0 Å². The van der Waals surface area contributed by atoms with Crippen LogP contribution in [0.4, 0.5) is 9.59 Å². The van der Waals surface area contributed by atoms with E-state index in [2.05, 4.69) is 12.1 Å². The molecule has 1 aromatic carbocycles. The van der Waals surface area contributed by atoms with Crippen LogP contribution in [-0.4, -0.2) is 53.3 Å². The summed E-state index contributed by atoms with van der Waals surface area (Å²) in [5.41, 5.74) is 0.663. The Kier molecular flexibility index (Phi) is 6.45. The van der Waals surface area contributed by atoms with Gasteiger partial charge in [-0.25, -0.2) is 4.79 Å². The summed E-state index contributed by atoms with van der Waals surface area (Å²) < 4.78 is 5.42. The molecule has 0 aromatic heterocycles. The molecule has 0 radical (unpaired) electrons. The third-order valence-electron chi connectivity index (χ3n) is 5.07. The number of nitrogens with zero attached hydrogens (tertiary/aromatic N) is 2. The van der Waals surface area contributed by atoms with Gasteiger partial charge >= 0.3 is 12.1 Å². The Balaban J connectivity index is 2.05. The van der Waals surface area contributed by atoms with Gasteiger partial charge in [-0.3, -0.25) is 4.90 Å². The van der Waals surface area contributed by atoms with Crippen molar-refractivity contribution in [3.63, 3.8) is 0 Å². The average Bonchev–Trinajstić information content (AvgIpc) is 2.96. The molecule has 0 spiro atoms. The predicted molar refractivity (Wildman–Crippen MR) is 103 cm³/mol. The zero-order valence-corrected chi connectivity index (χ0v) is 16.8. The van der Waals surface area contributed by atoms with E-state index >= 15 is 0 Å². The van der Waals surface area contributed by atoms with E-state index in [9.17, 15) is 9.59 Å². The number of likely N-dealkylation sites (tertiary alicyclic amines) is 1. The van der Waals surface area contributed by atoms with E-state index in [1.165, 1.54) is 5.56 Å². The maximum Gasteiger partial charge on any atom is 0.525 e. The van der Waals surface area contributed by atoms with Gasteiger partial charge < -0.3 is 4.74 Å². The quantitative estimate of drug-likeness (QED) is 0.736. The zero-order chi connectivity index (χ0) is 19.4. The van der Waals surface area contributed by atoms with Crippen LogP contribution >= 0.6 is 0 Å². The highest BCUT2D eigenvalue weighted by Gasteiger charge is 2.56. The predicted octanol–water partition coefficient (Wildman–Crippen LogP) is 4.61. The number of carbonyl (C=O) groups excluding carboxylic acids is 2. The fourth-order valence-corrected chi connectivity index (χ4v) is 3.62. The van der Waals surface area contributed by atoms with Gasteiger partial charge in [-0.2, -0.15) is 4.79 Å². The van der Waals surface area contributed by atoms with Crippen molar-refractivity contribution in [1.82, 2.24) is 4.90 Å². The molecule has 1 heterocycles. The minimum atomic E-state index is -0.600. The van der Waals surface area contributed by atoms with Gasteiger partial charge in [0.25, 0.3) is 0 Å². The van der Waals surface area contributed by atoms with Crippen molar-refractivity contribution in [1.29, 1.82) is 0 Å². The van der Waals surface area contributed by atoms with Crippen molar-refractivity contribution in [3.05, 3.63) is 35.9 Å². The molecule has 1 saturated heterocycles. The fraction of sp³-hybridized carbons (Fsp3) is 0.619. The number of benzene rings is 1. The molecule has 2 atom stereocenters.